The Labute approximate surface area is 186 Å². The Bertz CT molecular complexity index is 1280. The van der Waals surface area contributed by atoms with E-state index in [0.29, 0.717) is 12.1 Å². The maximum atomic E-state index is 13.2. The number of amides is 2. The second kappa shape index (κ2) is 8.37. The number of ether oxygens (including phenoxy) is 1. The lowest BCUT2D eigenvalue weighted by molar-refractivity contribution is -0.118. The summed E-state index contributed by atoms with van der Waals surface area (Å²) in [6.07, 6.45) is 3.27. The van der Waals surface area contributed by atoms with Gasteiger partial charge in [-0.3, -0.25) is 4.79 Å². The molecule has 0 bridgehead atoms. The fraction of sp³-hybridized carbons (Fsp3) is 0.292. The third-order valence-corrected chi connectivity index (χ3v) is 5.10. The third kappa shape index (κ3) is 4.74. The van der Waals surface area contributed by atoms with Crippen molar-refractivity contribution < 1.29 is 14.3 Å². The lowest BCUT2D eigenvalue weighted by Gasteiger charge is -2.23. The second-order valence-electron chi connectivity index (χ2n) is 8.81. The maximum Gasteiger partial charge on any atom is 0.408 e. The van der Waals surface area contributed by atoms with E-state index in [2.05, 4.69) is 20.6 Å². The van der Waals surface area contributed by atoms with Crippen molar-refractivity contribution in [2.24, 2.45) is 7.05 Å². The molecule has 0 saturated carbocycles. The molecule has 0 aliphatic heterocycles. The van der Waals surface area contributed by atoms with Crippen molar-refractivity contribution in [2.75, 3.05) is 5.32 Å². The van der Waals surface area contributed by atoms with E-state index in [1.165, 1.54) is 0 Å². The van der Waals surface area contributed by atoms with Crippen LogP contribution in [0, 0.1) is 0 Å². The van der Waals surface area contributed by atoms with Crippen LogP contribution < -0.4 is 10.6 Å². The van der Waals surface area contributed by atoms with Crippen molar-refractivity contribution >= 4 is 39.6 Å². The molecule has 3 N–H and O–H groups in total. The van der Waals surface area contributed by atoms with Crippen LogP contribution in [0.5, 0.6) is 0 Å². The number of nitrogens with one attached hydrogen (secondary N) is 3. The number of hydrogen-bond donors (Lipinski definition) is 3. The molecular weight excluding hydrogens is 406 g/mol. The number of carbonyl (C=O) groups excluding carboxylic acids is 2. The number of para-hydroxylation sites is 1. The van der Waals surface area contributed by atoms with Crippen LogP contribution in [-0.2, 0) is 23.0 Å². The standard InChI is InChI=1S/C24H27N5O3/c1-24(2,3)32-23(31)28-20(11-15-13-29(4)21-8-6-5-7-17(15)21)22(30)27-16-9-10-18-19(12-16)26-14-25-18/h5-10,12-14,20H,11H2,1-4H3,(H,25,26)(H,27,30)(H,28,31). The van der Waals surface area contributed by atoms with Crippen molar-refractivity contribution in [3.05, 3.63) is 60.6 Å². The fourth-order valence-corrected chi connectivity index (χ4v) is 3.71. The zero-order valence-corrected chi connectivity index (χ0v) is 18.6. The number of anilines is 1. The molecule has 0 spiro atoms. The molecule has 2 heterocycles. The summed E-state index contributed by atoms with van der Waals surface area (Å²) in [5, 5.41) is 6.69. The van der Waals surface area contributed by atoms with Crippen LogP contribution in [0.4, 0.5) is 10.5 Å². The average Bonchev–Trinajstić information content (AvgIpc) is 3.30. The molecule has 4 aromatic rings. The minimum absolute atomic E-state index is 0.318. The van der Waals surface area contributed by atoms with Gasteiger partial charge in [0.15, 0.2) is 0 Å². The van der Waals surface area contributed by atoms with Crippen molar-refractivity contribution in [3.63, 3.8) is 0 Å². The molecule has 166 valence electrons. The first-order valence-corrected chi connectivity index (χ1v) is 10.5. The maximum absolute atomic E-state index is 13.2. The van der Waals surface area contributed by atoms with Crippen LogP contribution in [0.1, 0.15) is 26.3 Å². The Kier molecular flexibility index (Phi) is 5.61. The monoisotopic (exact) mass is 433 g/mol. The van der Waals surface area contributed by atoms with E-state index in [1.54, 1.807) is 33.2 Å². The molecule has 8 nitrogen and oxygen atoms in total. The summed E-state index contributed by atoms with van der Waals surface area (Å²) in [4.78, 5) is 32.9. The number of carbonyl (C=O) groups is 2. The molecule has 2 amide bonds. The first-order valence-electron chi connectivity index (χ1n) is 10.5. The molecule has 32 heavy (non-hydrogen) atoms. The Balaban J connectivity index is 1.59. The molecule has 4 rings (SSSR count). The van der Waals surface area contributed by atoms with Crippen molar-refractivity contribution in [3.8, 4) is 0 Å². The summed E-state index contributed by atoms with van der Waals surface area (Å²) in [6, 6.07) is 12.6. The van der Waals surface area contributed by atoms with Gasteiger partial charge in [0, 0.05) is 36.3 Å². The van der Waals surface area contributed by atoms with Crippen LogP contribution in [0.3, 0.4) is 0 Å². The number of alkyl carbamates (subject to hydrolysis) is 1. The number of nitrogens with zero attached hydrogens (tertiary/aromatic N) is 2. The van der Waals surface area contributed by atoms with Gasteiger partial charge in [-0.25, -0.2) is 9.78 Å². The number of imidazole rings is 1. The molecule has 8 heteroatoms. The highest BCUT2D eigenvalue weighted by Gasteiger charge is 2.26. The highest BCUT2D eigenvalue weighted by Crippen LogP contribution is 2.22. The van der Waals surface area contributed by atoms with Gasteiger partial charge in [-0.1, -0.05) is 18.2 Å². The van der Waals surface area contributed by atoms with E-state index in [-0.39, 0.29) is 5.91 Å². The van der Waals surface area contributed by atoms with E-state index in [1.807, 2.05) is 54.2 Å². The van der Waals surface area contributed by atoms with Crippen LogP contribution in [0.15, 0.2) is 55.0 Å². The summed E-state index contributed by atoms with van der Waals surface area (Å²) >= 11 is 0. The van der Waals surface area contributed by atoms with E-state index in [9.17, 15) is 9.59 Å². The lowest BCUT2D eigenvalue weighted by atomic mass is 10.0. The first-order chi connectivity index (χ1) is 15.2. The minimum Gasteiger partial charge on any atom is -0.444 e. The number of hydrogen-bond acceptors (Lipinski definition) is 4. The number of aromatic nitrogens is 3. The van der Waals surface area contributed by atoms with Gasteiger partial charge in [0.05, 0.1) is 17.4 Å². The fourth-order valence-electron chi connectivity index (χ4n) is 3.71. The Hall–Kier alpha value is -3.81. The lowest BCUT2D eigenvalue weighted by Crippen LogP contribution is -2.47. The minimum atomic E-state index is -0.826. The molecule has 2 aromatic heterocycles. The smallest absolute Gasteiger partial charge is 0.408 e. The van der Waals surface area contributed by atoms with Gasteiger partial charge in [0.1, 0.15) is 11.6 Å². The number of benzene rings is 2. The van der Waals surface area contributed by atoms with Gasteiger partial charge in [0.25, 0.3) is 0 Å². The summed E-state index contributed by atoms with van der Waals surface area (Å²) in [5.41, 5.74) is 3.58. The van der Waals surface area contributed by atoms with Crippen molar-refractivity contribution in [1.82, 2.24) is 19.9 Å². The van der Waals surface area contributed by atoms with Crippen LogP contribution >= 0.6 is 0 Å². The average molecular weight is 434 g/mol. The van der Waals surface area contributed by atoms with E-state index in [4.69, 9.17) is 4.74 Å². The molecule has 0 aliphatic carbocycles. The Morgan fingerprint density at radius 3 is 2.75 bits per heavy atom. The summed E-state index contributed by atoms with van der Waals surface area (Å²) in [5.74, 6) is -0.331. The molecule has 0 saturated heterocycles. The number of aromatic amines is 1. The number of aryl methyl sites for hydroxylation is 1. The number of H-pyrrole nitrogens is 1. The van der Waals surface area contributed by atoms with Gasteiger partial charge in [-0.05, 0) is 50.6 Å². The molecule has 0 radical (unpaired) electrons. The van der Waals surface area contributed by atoms with E-state index >= 15 is 0 Å². The number of rotatable bonds is 5. The van der Waals surface area contributed by atoms with E-state index < -0.39 is 17.7 Å². The predicted molar refractivity (Wildman–Crippen MR) is 125 cm³/mol. The van der Waals surface area contributed by atoms with Crippen LogP contribution in [0.2, 0.25) is 0 Å². The van der Waals surface area contributed by atoms with Crippen LogP contribution in [-0.4, -0.2) is 38.2 Å². The Morgan fingerprint density at radius 2 is 1.97 bits per heavy atom. The Morgan fingerprint density at radius 1 is 1.19 bits per heavy atom. The zero-order chi connectivity index (χ0) is 22.9. The normalized spacial score (nSPS) is 12.6. The molecule has 1 unspecified atom stereocenters. The zero-order valence-electron chi connectivity index (χ0n) is 18.6. The highest BCUT2D eigenvalue weighted by atomic mass is 16.6. The van der Waals surface area contributed by atoms with E-state index in [0.717, 1.165) is 27.5 Å². The quantitative estimate of drug-likeness (QED) is 0.440. The molecule has 1 atom stereocenters. The summed E-state index contributed by atoms with van der Waals surface area (Å²) in [6.45, 7) is 5.35. The van der Waals surface area contributed by atoms with Gasteiger partial charge < -0.3 is 24.9 Å². The van der Waals surface area contributed by atoms with Gasteiger partial charge >= 0.3 is 6.09 Å². The summed E-state index contributed by atoms with van der Waals surface area (Å²) < 4.78 is 7.41. The van der Waals surface area contributed by atoms with Crippen molar-refractivity contribution in [2.45, 2.75) is 38.8 Å². The topological polar surface area (TPSA) is 101 Å². The van der Waals surface area contributed by atoms with Gasteiger partial charge in [0.2, 0.25) is 5.91 Å². The first kappa shape index (κ1) is 21.4. The predicted octanol–water partition coefficient (Wildman–Crippen LogP) is 4.13. The van der Waals surface area contributed by atoms with Gasteiger partial charge in [-0.2, -0.15) is 0 Å². The highest BCUT2D eigenvalue weighted by molar-refractivity contribution is 5.98. The molecule has 2 aromatic carbocycles. The summed E-state index contributed by atoms with van der Waals surface area (Å²) in [7, 11) is 1.96. The van der Waals surface area contributed by atoms with Gasteiger partial charge in [-0.15, -0.1) is 0 Å². The largest absolute Gasteiger partial charge is 0.444 e. The molecule has 0 fully saturated rings. The second-order valence-corrected chi connectivity index (χ2v) is 8.81. The number of fused-ring (bicyclic) bond motifs is 2. The molecular formula is C24H27N5O3. The molecule has 0 aliphatic rings. The third-order valence-electron chi connectivity index (χ3n) is 5.10. The van der Waals surface area contributed by atoms with Crippen molar-refractivity contribution in [1.29, 1.82) is 0 Å². The van der Waals surface area contributed by atoms with Crippen LogP contribution in [0.25, 0.3) is 21.9 Å². The SMILES string of the molecule is Cn1cc(CC(NC(=O)OC(C)(C)C)C(=O)Nc2ccc3nc[nH]c3c2)c2ccccc21.